The summed E-state index contributed by atoms with van der Waals surface area (Å²) >= 11 is 0. The summed E-state index contributed by atoms with van der Waals surface area (Å²) in [6.07, 6.45) is 4.89. The van der Waals surface area contributed by atoms with Gasteiger partial charge in [0.05, 0.1) is 0 Å². The number of hydrogen-bond donors (Lipinski definition) is 3. The first-order valence-corrected chi connectivity index (χ1v) is 9.77. The van der Waals surface area contributed by atoms with Crippen LogP contribution in [0.5, 0.6) is 0 Å². The maximum absolute atomic E-state index is 12.7. The van der Waals surface area contributed by atoms with Gasteiger partial charge in [0.25, 0.3) is 11.8 Å². The molecule has 1 heterocycles. The van der Waals surface area contributed by atoms with Crippen LogP contribution in [-0.2, 0) is 9.59 Å². The third-order valence-corrected chi connectivity index (χ3v) is 5.20. The van der Waals surface area contributed by atoms with Crippen LogP contribution in [0, 0.1) is 0 Å². The van der Waals surface area contributed by atoms with Crippen LogP contribution in [-0.4, -0.2) is 47.3 Å². The molecule has 150 valence electrons. The lowest BCUT2D eigenvalue weighted by atomic mass is 9.82. The van der Waals surface area contributed by atoms with Gasteiger partial charge in [-0.2, -0.15) is 0 Å². The molecule has 0 atom stereocenters. The third kappa shape index (κ3) is 4.16. The lowest BCUT2D eigenvalue weighted by molar-refractivity contribution is -0.134. The number of nitrogens with one attached hydrogen (secondary N) is 3. The summed E-state index contributed by atoms with van der Waals surface area (Å²) in [6, 6.07) is 6.03. The highest BCUT2D eigenvalue weighted by molar-refractivity contribution is 6.10. The molecule has 3 N–H and O–H groups in total. The Morgan fingerprint density at radius 2 is 1.93 bits per heavy atom. The molecule has 0 radical (unpaired) electrons. The van der Waals surface area contributed by atoms with Gasteiger partial charge in [-0.15, -0.1) is 0 Å². The lowest BCUT2D eigenvalue weighted by Crippen LogP contribution is -2.48. The minimum atomic E-state index is -0.840. The molecule has 2 fully saturated rings. The molecule has 0 aromatic heterocycles. The topological polar surface area (TPSA) is 108 Å². The van der Waals surface area contributed by atoms with E-state index in [-0.39, 0.29) is 18.4 Å². The fourth-order valence-corrected chi connectivity index (χ4v) is 3.74. The Balaban J connectivity index is 1.62. The van der Waals surface area contributed by atoms with E-state index < -0.39 is 17.5 Å². The molecule has 1 aliphatic carbocycles. The van der Waals surface area contributed by atoms with Crippen LogP contribution in [0.2, 0.25) is 0 Å². The van der Waals surface area contributed by atoms with Gasteiger partial charge in [-0.3, -0.25) is 19.3 Å². The Morgan fingerprint density at radius 3 is 2.64 bits per heavy atom. The zero-order valence-corrected chi connectivity index (χ0v) is 16.0. The Bertz CT molecular complexity index is 786. The second kappa shape index (κ2) is 8.41. The molecule has 28 heavy (non-hydrogen) atoms. The molecule has 3 rings (SSSR count). The molecule has 1 saturated heterocycles. The molecule has 1 aliphatic heterocycles. The molecule has 2 aliphatic rings. The van der Waals surface area contributed by atoms with E-state index in [1.54, 1.807) is 24.3 Å². The van der Waals surface area contributed by atoms with Crippen molar-refractivity contribution >= 4 is 29.4 Å². The Kier molecular flexibility index (Phi) is 5.96. The molecule has 1 saturated carbocycles. The minimum Gasteiger partial charge on any atom is -0.352 e. The van der Waals surface area contributed by atoms with Crippen LogP contribution in [0.15, 0.2) is 24.3 Å². The molecule has 1 spiro atoms. The number of anilines is 1. The van der Waals surface area contributed by atoms with E-state index in [0.717, 1.165) is 30.6 Å². The summed E-state index contributed by atoms with van der Waals surface area (Å²) in [4.78, 5) is 50.4. The van der Waals surface area contributed by atoms with Gasteiger partial charge in [-0.1, -0.05) is 32.3 Å². The number of carbonyl (C=O) groups is 4. The van der Waals surface area contributed by atoms with E-state index in [1.807, 2.05) is 6.92 Å². The first-order chi connectivity index (χ1) is 13.4. The Morgan fingerprint density at radius 1 is 1.18 bits per heavy atom. The number of amides is 5. The molecule has 5 amide bonds. The van der Waals surface area contributed by atoms with Crippen molar-refractivity contribution in [1.29, 1.82) is 0 Å². The van der Waals surface area contributed by atoms with Crippen molar-refractivity contribution in [3.63, 3.8) is 0 Å². The minimum absolute atomic E-state index is 0.216. The van der Waals surface area contributed by atoms with E-state index in [9.17, 15) is 19.2 Å². The van der Waals surface area contributed by atoms with Crippen molar-refractivity contribution in [2.75, 3.05) is 18.4 Å². The average Bonchev–Trinajstić information content (AvgIpc) is 2.90. The van der Waals surface area contributed by atoms with E-state index in [4.69, 9.17) is 0 Å². The van der Waals surface area contributed by atoms with Crippen LogP contribution in [0.3, 0.4) is 0 Å². The predicted molar refractivity (Wildman–Crippen MR) is 104 cm³/mol. The standard InChI is InChI=1S/C20H26N4O4/c1-2-11-21-17(26)14-7-6-8-15(12-14)22-16(25)13-24-18(27)20(23-19(24)28)9-4-3-5-10-20/h6-8,12H,2-5,9-11,13H2,1H3,(H,21,26)(H,22,25)(H,23,28). The van der Waals surface area contributed by atoms with Gasteiger partial charge < -0.3 is 16.0 Å². The normalized spacial score (nSPS) is 18.1. The summed E-state index contributed by atoms with van der Waals surface area (Å²) in [5, 5.41) is 8.22. The highest BCUT2D eigenvalue weighted by atomic mass is 16.2. The monoisotopic (exact) mass is 386 g/mol. The van der Waals surface area contributed by atoms with Crippen molar-refractivity contribution in [1.82, 2.24) is 15.5 Å². The highest BCUT2D eigenvalue weighted by Crippen LogP contribution is 2.33. The Labute approximate surface area is 164 Å². The van der Waals surface area contributed by atoms with Crippen molar-refractivity contribution in [2.45, 2.75) is 51.0 Å². The molecular weight excluding hydrogens is 360 g/mol. The van der Waals surface area contributed by atoms with Crippen molar-refractivity contribution in [3.8, 4) is 0 Å². The summed E-state index contributed by atoms with van der Waals surface area (Å²) < 4.78 is 0. The van der Waals surface area contributed by atoms with Crippen molar-refractivity contribution in [2.24, 2.45) is 0 Å². The van der Waals surface area contributed by atoms with Gasteiger partial charge in [0, 0.05) is 17.8 Å². The van der Waals surface area contributed by atoms with Crippen LogP contribution >= 0.6 is 0 Å². The number of rotatable bonds is 6. The second-order valence-electron chi connectivity index (χ2n) is 7.35. The fraction of sp³-hybridized carbons (Fsp3) is 0.500. The first-order valence-electron chi connectivity index (χ1n) is 9.77. The summed E-state index contributed by atoms with van der Waals surface area (Å²) in [6.45, 7) is 2.19. The van der Waals surface area contributed by atoms with Gasteiger partial charge in [0.1, 0.15) is 12.1 Å². The number of nitrogens with zero attached hydrogens (tertiary/aromatic N) is 1. The number of hydrogen-bond acceptors (Lipinski definition) is 4. The predicted octanol–water partition coefficient (Wildman–Crippen LogP) is 2.02. The largest absolute Gasteiger partial charge is 0.352 e. The van der Waals surface area contributed by atoms with Gasteiger partial charge >= 0.3 is 6.03 Å². The van der Waals surface area contributed by atoms with Crippen molar-refractivity contribution < 1.29 is 19.2 Å². The zero-order valence-electron chi connectivity index (χ0n) is 16.0. The second-order valence-corrected chi connectivity index (χ2v) is 7.35. The molecule has 8 heteroatoms. The number of benzene rings is 1. The maximum atomic E-state index is 12.7. The van der Waals surface area contributed by atoms with Gasteiger partial charge in [-0.05, 0) is 37.5 Å². The smallest absolute Gasteiger partial charge is 0.325 e. The van der Waals surface area contributed by atoms with E-state index >= 15 is 0 Å². The molecule has 8 nitrogen and oxygen atoms in total. The maximum Gasteiger partial charge on any atom is 0.325 e. The van der Waals surface area contributed by atoms with Gasteiger partial charge in [0.2, 0.25) is 5.91 Å². The molecule has 1 aromatic carbocycles. The SMILES string of the molecule is CCCNC(=O)c1cccc(NC(=O)CN2C(=O)NC3(CCCCC3)C2=O)c1. The quantitative estimate of drug-likeness (QED) is 0.650. The van der Waals surface area contributed by atoms with Crippen LogP contribution in [0.1, 0.15) is 55.8 Å². The number of carbonyl (C=O) groups excluding carboxylic acids is 4. The first kappa shape index (κ1) is 19.9. The van der Waals surface area contributed by atoms with Crippen LogP contribution < -0.4 is 16.0 Å². The number of imide groups is 1. The van der Waals surface area contributed by atoms with E-state index in [0.29, 0.717) is 30.6 Å². The Hall–Kier alpha value is -2.90. The summed E-state index contributed by atoms with van der Waals surface area (Å²) in [7, 11) is 0. The average molecular weight is 386 g/mol. The third-order valence-electron chi connectivity index (χ3n) is 5.20. The van der Waals surface area contributed by atoms with Crippen LogP contribution in [0.4, 0.5) is 10.5 Å². The number of urea groups is 1. The molecule has 1 aromatic rings. The molecule has 0 unspecified atom stereocenters. The van der Waals surface area contributed by atoms with Gasteiger partial charge in [-0.25, -0.2) is 4.79 Å². The highest BCUT2D eigenvalue weighted by Gasteiger charge is 2.51. The summed E-state index contributed by atoms with van der Waals surface area (Å²) in [5.74, 6) is -1.02. The van der Waals surface area contributed by atoms with E-state index in [1.165, 1.54) is 0 Å². The van der Waals surface area contributed by atoms with E-state index in [2.05, 4.69) is 16.0 Å². The van der Waals surface area contributed by atoms with Crippen LogP contribution in [0.25, 0.3) is 0 Å². The fourth-order valence-electron chi connectivity index (χ4n) is 3.74. The molecule has 0 bridgehead atoms. The summed E-state index contributed by atoms with van der Waals surface area (Å²) in [5.41, 5.74) is 0.0309. The lowest BCUT2D eigenvalue weighted by Gasteiger charge is -2.30. The van der Waals surface area contributed by atoms with Gasteiger partial charge in [0.15, 0.2) is 0 Å². The zero-order chi connectivity index (χ0) is 20.1. The molecular formula is C20H26N4O4. The van der Waals surface area contributed by atoms with Crippen molar-refractivity contribution in [3.05, 3.63) is 29.8 Å².